The van der Waals surface area contributed by atoms with Crippen molar-refractivity contribution in [1.29, 1.82) is 0 Å². The van der Waals surface area contributed by atoms with E-state index in [0.717, 1.165) is 12.1 Å². The first-order valence-corrected chi connectivity index (χ1v) is 10.5. The number of benzene rings is 1. The molecule has 8 nitrogen and oxygen atoms in total. The molecule has 3 rings (SSSR count). The SMILES string of the molecule is CC1(CS(=O)(=O)N2CCC(Oc3ccc(C(F)(F)F)cc3)CC2)NC(=O)NC1=O. The molecule has 29 heavy (non-hydrogen) atoms. The highest BCUT2D eigenvalue weighted by molar-refractivity contribution is 7.89. The van der Waals surface area contributed by atoms with Gasteiger partial charge in [0.1, 0.15) is 17.4 Å². The lowest BCUT2D eigenvalue weighted by atomic mass is 10.1. The minimum absolute atomic E-state index is 0.138. The van der Waals surface area contributed by atoms with Gasteiger partial charge in [-0.3, -0.25) is 10.1 Å². The molecule has 2 aliphatic rings. The van der Waals surface area contributed by atoms with E-state index in [4.69, 9.17) is 4.74 Å². The molecule has 1 unspecified atom stereocenters. The van der Waals surface area contributed by atoms with Crippen molar-refractivity contribution in [1.82, 2.24) is 14.9 Å². The molecule has 2 aliphatic heterocycles. The van der Waals surface area contributed by atoms with E-state index in [0.29, 0.717) is 12.8 Å². The number of alkyl halides is 3. The first kappa shape index (κ1) is 21.4. The number of carbonyl (C=O) groups excluding carboxylic acids is 2. The Morgan fingerprint density at radius 2 is 1.76 bits per heavy atom. The van der Waals surface area contributed by atoms with Gasteiger partial charge >= 0.3 is 12.2 Å². The van der Waals surface area contributed by atoms with Crippen LogP contribution in [0.25, 0.3) is 0 Å². The van der Waals surface area contributed by atoms with Crippen LogP contribution < -0.4 is 15.4 Å². The summed E-state index contributed by atoms with van der Waals surface area (Å²) in [5.41, 5.74) is -2.31. The minimum atomic E-state index is -4.43. The molecule has 2 saturated heterocycles. The number of sulfonamides is 1. The van der Waals surface area contributed by atoms with Gasteiger partial charge in [-0.1, -0.05) is 0 Å². The summed E-state index contributed by atoms with van der Waals surface area (Å²) in [6.45, 7) is 1.61. The largest absolute Gasteiger partial charge is 0.490 e. The molecule has 0 aromatic heterocycles. The number of nitrogens with one attached hydrogen (secondary N) is 2. The summed E-state index contributed by atoms with van der Waals surface area (Å²) in [4.78, 5) is 23.1. The molecule has 2 fully saturated rings. The van der Waals surface area contributed by atoms with Gasteiger partial charge in [0.15, 0.2) is 0 Å². The Kier molecular flexibility index (Phi) is 5.52. The zero-order valence-corrected chi connectivity index (χ0v) is 16.3. The van der Waals surface area contributed by atoms with E-state index in [1.54, 1.807) is 0 Å². The monoisotopic (exact) mass is 435 g/mol. The molecule has 2 N–H and O–H groups in total. The molecule has 0 radical (unpaired) electrons. The van der Waals surface area contributed by atoms with Crippen molar-refractivity contribution in [3.8, 4) is 5.75 Å². The molecule has 1 aromatic rings. The molecule has 0 saturated carbocycles. The fourth-order valence-electron chi connectivity index (χ4n) is 3.28. The Balaban J connectivity index is 1.56. The van der Waals surface area contributed by atoms with Crippen LogP contribution >= 0.6 is 0 Å². The highest BCUT2D eigenvalue weighted by atomic mass is 32.2. The van der Waals surface area contributed by atoms with Gasteiger partial charge in [0, 0.05) is 13.1 Å². The van der Waals surface area contributed by atoms with Crippen molar-refractivity contribution in [2.45, 2.75) is 37.6 Å². The summed E-state index contributed by atoms with van der Waals surface area (Å²) in [7, 11) is -3.82. The van der Waals surface area contributed by atoms with Gasteiger partial charge in [-0.15, -0.1) is 0 Å². The maximum Gasteiger partial charge on any atom is 0.416 e. The summed E-state index contributed by atoms with van der Waals surface area (Å²) >= 11 is 0. The Morgan fingerprint density at radius 3 is 2.24 bits per heavy atom. The van der Waals surface area contributed by atoms with Crippen LogP contribution in [0, 0.1) is 0 Å². The molecule has 1 atom stereocenters. The summed E-state index contributed by atoms with van der Waals surface area (Å²) in [6, 6.07) is 3.58. The minimum Gasteiger partial charge on any atom is -0.490 e. The molecule has 12 heteroatoms. The second-order valence-electron chi connectivity index (χ2n) is 7.23. The van der Waals surface area contributed by atoms with Gasteiger partial charge in [0.25, 0.3) is 5.91 Å². The third-order valence-corrected chi connectivity index (χ3v) is 6.96. The van der Waals surface area contributed by atoms with Gasteiger partial charge in [0.2, 0.25) is 10.0 Å². The van der Waals surface area contributed by atoms with E-state index in [-0.39, 0.29) is 24.9 Å². The predicted octanol–water partition coefficient (Wildman–Crippen LogP) is 1.48. The highest BCUT2D eigenvalue weighted by Gasteiger charge is 2.47. The molecular formula is C17H20F3N3O5S. The fraction of sp³-hybridized carbons (Fsp3) is 0.529. The number of urea groups is 1. The summed E-state index contributed by atoms with van der Waals surface area (Å²) in [5.74, 6) is -0.995. The van der Waals surface area contributed by atoms with Crippen LogP contribution in [-0.2, 0) is 21.0 Å². The molecule has 0 aliphatic carbocycles. The standard InChI is InChI=1S/C17H20F3N3O5S/c1-16(14(24)21-15(25)22-16)10-29(26,27)23-8-6-13(7-9-23)28-12-4-2-11(3-5-12)17(18,19)20/h2-5,13H,6-10H2,1H3,(H2,21,22,24,25). The lowest BCUT2D eigenvalue weighted by Gasteiger charge is -2.33. The zero-order chi connectivity index (χ0) is 21.4. The van der Waals surface area contributed by atoms with E-state index >= 15 is 0 Å². The Labute approximate surface area is 165 Å². The smallest absolute Gasteiger partial charge is 0.416 e. The van der Waals surface area contributed by atoms with Crippen LogP contribution in [0.3, 0.4) is 0 Å². The third-order valence-electron chi connectivity index (χ3n) is 4.87. The van der Waals surface area contributed by atoms with Gasteiger partial charge in [-0.2, -0.15) is 13.2 Å². The number of halogens is 3. The average Bonchev–Trinajstić information content (AvgIpc) is 2.86. The number of amides is 3. The topological polar surface area (TPSA) is 105 Å². The van der Waals surface area contributed by atoms with Gasteiger partial charge in [-0.05, 0) is 44.0 Å². The van der Waals surface area contributed by atoms with Crippen molar-refractivity contribution < 1.29 is 35.9 Å². The Bertz CT molecular complexity index is 896. The number of hydrogen-bond donors (Lipinski definition) is 2. The fourth-order valence-corrected chi connectivity index (χ4v) is 5.16. The van der Waals surface area contributed by atoms with Crippen LogP contribution in [0.4, 0.5) is 18.0 Å². The van der Waals surface area contributed by atoms with E-state index < -0.39 is 45.0 Å². The lowest BCUT2D eigenvalue weighted by molar-refractivity contribution is -0.137. The van der Waals surface area contributed by atoms with E-state index in [2.05, 4.69) is 5.32 Å². The van der Waals surface area contributed by atoms with Gasteiger partial charge in [-0.25, -0.2) is 17.5 Å². The van der Waals surface area contributed by atoms with Gasteiger partial charge in [0.05, 0.1) is 11.3 Å². The number of nitrogens with zero attached hydrogens (tertiary/aromatic N) is 1. The first-order valence-electron chi connectivity index (χ1n) is 8.84. The molecule has 160 valence electrons. The maximum atomic E-state index is 12.6. The van der Waals surface area contributed by atoms with Crippen LogP contribution in [0.5, 0.6) is 5.75 Å². The van der Waals surface area contributed by atoms with Crippen molar-refractivity contribution >= 4 is 22.0 Å². The summed E-state index contributed by atoms with van der Waals surface area (Å²) < 4.78 is 70.0. The molecule has 3 amide bonds. The number of carbonyl (C=O) groups is 2. The quantitative estimate of drug-likeness (QED) is 0.682. The number of rotatable bonds is 5. The van der Waals surface area contributed by atoms with Crippen molar-refractivity contribution in [2.24, 2.45) is 0 Å². The van der Waals surface area contributed by atoms with E-state index in [9.17, 15) is 31.2 Å². The van der Waals surface area contributed by atoms with Crippen molar-refractivity contribution in [3.63, 3.8) is 0 Å². The average molecular weight is 435 g/mol. The number of hydrogen-bond acceptors (Lipinski definition) is 5. The van der Waals surface area contributed by atoms with Crippen LogP contribution in [-0.4, -0.2) is 55.1 Å². The first-order chi connectivity index (χ1) is 13.4. The normalized spacial score (nSPS) is 24.3. The lowest BCUT2D eigenvalue weighted by Crippen LogP contribution is -2.53. The second-order valence-corrected chi connectivity index (χ2v) is 9.20. The predicted molar refractivity (Wildman–Crippen MR) is 95.5 cm³/mol. The molecule has 0 spiro atoms. The number of ether oxygens (including phenoxy) is 1. The highest BCUT2D eigenvalue weighted by Crippen LogP contribution is 2.31. The summed E-state index contributed by atoms with van der Waals surface area (Å²) in [5, 5.41) is 4.34. The van der Waals surface area contributed by atoms with Crippen LogP contribution in [0.2, 0.25) is 0 Å². The van der Waals surface area contributed by atoms with Crippen LogP contribution in [0.1, 0.15) is 25.3 Å². The Hall–Kier alpha value is -2.34. The van der Waals surface area contributed by atoms with Crippen LogP contribution in [0.15, 0.2) is 24.3 Å². The third kappa shape index (κ3) is 4.81. The molecule has 2 heterocycles. The van der Waals surface area contributed by atoms with E-state index in [1.807, 2.05) is 5.32 Å². The molecule has 1 aromatic carbocycles. The van der Waals surface area contributed by atoms with Gasteiger partial charge < -0.3 is 10.1 Å². The van der Waals surface area contributed by atoms with E-state index in [1.165, 1.54) is 23.4 Å². The molecule has 0 bridgehead atoms. The second kappa shape index (κ2) is 7.48. The zero-order valence-electron chi connectivity index (χ0n) is 15.5. The number of piperidine rings is 1. The number of imide groups is 1. The summed E-state index contributed by atoms with van der Waals surface area (Å²) in [6.07, 6.45) is -4.08. The Morgan fingerprint density at radius 1 is 1.17 bits per heavy atom. The molecular weight excluding hydrogens is 415 g/mol. The van der Waals surface area contributed by atoms with Crippen molar-refractivity contribution in [2.75, 3.05) is 18.8 Å². The van der Waals surface area contributed by atoms with Crippen molar-refractivity contribution in [3.05, 3.63) is 29.8 Å². The maximum absolute atomic E-state index is 12.6.